The largest absolute Gasteiger partial charge is 0.478 e. The van der Waals surface area contributed by atoms with Gasteiger partial charge in [0.25, 0.3) is 0 Å². The molecule has 0 aliphatic heterocycles. The van der Waals surface area contributed by atoms with Crippen molar-refractivity contribution in [2.24, 2.45) is 11.8 Å². The quantitative estimate of drug-likeness (QED) is 0.642. The van der Waals surface area contributed by atoms with Crippen LogP contribution in [0.25, 0.3) is 0 Å². The number of aliphatic hydroxyl groups is 1. The Morgan fingerprint density at radius 2 is 2.08 bits per heavy atom. The number of hydrogen-bond acceptors (Lipinski definition) is 2. The highest BCUT2D eigenvalue weighted by molar-refractivity contribution is 5.85. The molecular weight excluding hydrogens is 168 g/mol. The minimum Gasteiger partial charge on any atom is -0.478 e. The van der Waals surface area contributed by atoms with Gasteiger partial charge in [0.15, 0.2) is 0 Å². The summed E-state index contributed by atoms with van der Waals surface area (Å²) in [5, 5.41) is 17.6. The van der Waals surface area contributed by atoms with Gasteiger partial charge in [0.1, 0.15) is 0 Å². The third kappa shape index (κ3) is 4.08. The van der Waals surface area contributed by atoms with Crippen molar-refractivity contribution in [1.82, 2.24) is 0 Å². The third-order valence-electron chi connectivity index (χ3n) is 2.29. The van der Waals surface area contributed by atoms with Crippen molar-refractivity contribution in [1.29, 1.82) is 0 Å². The van der Waals surface area contributed by atoms with Gasteiger partial charge >= 0.3 is 5.97 Å². The molecule has 2 unspecified atom stereocenters. The van der Waals surface area contributed by atoms with Crippen LogP contribution in [0.15, 0.2) is 11.6 Å². The van der Waals surface area contributed by atoms with E-state index in [1.165, 1.54) is 0 Å². The number of aliphatic carboxylic acids is 1. The summed E-state index contributed by atoms with van der Waals surface area (Å²) in [7, 11) is 0. The van der Waals surface area contributed by atoms with Crippen LogP contribution >= 0.6 is 0 Å². The van der Waals surface area contributed by atoms with Gasteiger partial charge in [-0.25, -0.2) is 4.79 Å². The van der Waals surface area contributed by atoms with Gasteiger partial charge < -0.3 is 10.2 Å². The first-order valence-electron chi connectivity index (χ1n) is 4.55. The molecule has 3 nitrogen and oxygen atoms in total. The van der Waals surface area contributed by atoms with E-state index in [0.29, 0.717) is 5.57 Å². The van der Waals surface area contributed by atoms with Crippen LogP contribution in [-0.2, 0) is 4.79 Å². The van der Waals surface area contributed by atoms with E-state index >= 15 is 0 Å². The van der Waals surface area contributed by atoms with Crippen molar-refractivity contribution in [3.05, 3.63) is 11.6 Å². The summed E-state index contributed by atoms with van der Waals surface area (Å²) in [5.41, 5.74) is 0.354. The molecule has 0 amide bonds. The second-order valence-corrected chi connectivity index (χ2v) is 3.39. The third-order valence-corrected chi connectivity index (χ3v) is 2.29. The van der Waals surface area contributed by atoms with E-state index in [0.717, 1.165) is 6.42 Å². The Labute approximate surface area is 79.1 Å². The number of carbonyl (C=O) groups is 1. The number of aliphatic hydroxyl groups excluding tert-OH is 1. The predicted octanol–water partition coefficient (Wildman–Crippen LogP) is 1.67. The molecule has 13 heavy (non-hydrogen) atoms. The van der Waals surface area contributed by atoms with E-state index in [9.17, 15) is 4.79 Å². The number of rotatable bonds is 5. The van der Waals surface area contributed by atoms with Gasteiger partial charge in [0, 0.05) is 12.2 Å². The van der Waals surface area contributed by atoms with Crippen molar-refractivity contribution >= 4 is 5.97 Å². The monoisotopic (exact) mass is 186 g/mol. The fourth-order valence-corrected chi connectivity index (χ4v) is 1.21. The van der Waals surface area contributed by atoms with Crippen LogP contribution in [0, 0.1) is 11.8 Å². The molecule has 2 atom stereocenters. The van der Waals surface area contributed by atoms with E-state index in [2.05, 4.69) is 0 Å². The van der Waals surface area contributed by atoms with Gasteiger partial charge in [-0.05, 0) is 25.2 Å². The lowest BCUT2D eigenvalue weighted by Crippen LogP contribution is -2.14. The molecule has 76 valence electrons. The highest BCUT2D eigenvalue weighted by Crippen LogP contribution is 2.18. The SMILES string of the molecule is CCC(C=C(C)C(=O)O)C(C)CO. The van der Waals surface area contributed by atoms with Gasteiger partial charge in [-0.3, -0.25) is 0 Å². The molecule has 3 heteroatoms. The molecule has 0 radical (unpaired) electrons. The van der Waals surface area contributed by atoms with Crippen molar-refractivity contribution in [2.75, 3.05) is 6.61 Å². The van der Waals surface area contributed by atoms with Gasteiger partial charge in [-0.1, -0.05) is 19.9 Å². The summed E-state index contributed by atoms with van der Waals surface area (Å²) < 4.78 is 0. The number of allylic oxidation sites excluding steroid dienone is 1. The molecule has 0 aromatic rings. The molecule has 0 fully saturated rings. The van der Waals surface area contributed by atoms with Crippen LogP contribution in [0.1, 0.15) is 27.2 Å². The maximum atomic E-state index is 10.5. The first-order chi connectivity index (χ1) is 6.02. The first kappa shape index (κ1) is 12.2. The lowest BCUT2D eigenvalue weighted by molar-refractivity contribution is -0.132. The van der Waals surface area contributed by atoms with E-state index in [1.54, 1.807) is 13.0 Å². The highest BCUT2D eigenvalue weighted by atomic mass is 16.4. The molecule has 0 spiro atoms. The Morgan fingerprint density at radius 1 is 1.54 bits per heavy atom. The van der Waals surface area contributed by atoms with Crippen molar-refractivity contribution in [2.45, 2.75) is 27.2 Å². The maximum absolute atomic E-state index is 10.5. The zero-order chi connectivity index (χ0) is 10.4. The van der Waals surface area contributed by atoms with Crippen molar-refractivity contribution in [3.63, 3.8) is 0 Å². The smallest absolute Gasteiger partial charge is 0.330 e. The van der Waals surface area contributed by atoms with Crippen LogP contribution in [-0.4, -0.2) is 22.8 Å². The summed E-state index contributed by atoms with van der Waals surface area (Å²) in [6.45, 7) is 5.58. The van der Waals surface area contributed by atoms with E-state index in [-0.39, 0.29) is 18.4 Å². The second kappa shape index (κ2) is 5.75. The van der Waals surface area contributed by atoms with Crippen LogP contribution in [0.2, 0.25) is 0 Å². The molecule has 0 rings (SSSR count). The van der Waals surface area contributed by atoms with Crippen LogP contribution in [0.5, 0.6) is 0 Å². The summed E-state index contributed by atoms with van der Waals surface area (Å²) >= 11 is 0. The number of carboxylic acids is 1. The molecule has 0 aromatic carbocycles. The highest BCUT2D eigenvalue weighted by Gasteiger charge is 2.13. The minimum absolute atomic E-state index is 0.0991. The van der Waals surface area contributed by atoms with Gasteiger partial charge in [-0.2, -0.15) is 0 Å². The maximum Gasteiger partial charge on any atom is 0.330 e. The Balaban J connectivity index is 4.43. The zero-order valence-electron chi connectivity index (χ0n) is 8.45. The minimum atomic E-state index is -0.886. The fraction of sp³-hybridized carbons (Fsp3) is 0.700. The molecule has 0 aliphatic rings. The molecule has 2 N–H and O–H groups in total. The number of carboxylic acid groups (broad SMARTS) is 1. The molecule has 0 bridgehead atoms. The Morgan fingerprint density at radius 3 is 2.38 bits per heavy atom. The average molecular weight is 186 g/mol. The van der Waals surface area contributed by atoms with Crippen LogP contribution in [0.3, 0.4) is 0 Å². The summed E-state index contributed by atoms with van der Waals surface area (Å²) in [4.78, 5) is 10.5. The second-order valence-electron chi connectivity index (χ2n) is 3.39. The fourth-order valence-electron chi connectivity index (χ4n) is 1.21. The van der Waals surface area contributed by atoms with E-state index < -0.39 is 5.97 Å². The predicted molar refractivity (Wildman–Crippen MR) is 51.4 cm³/mol. The number of hydrogen-bond donors (Lipinski definition) is 2. The standard InChI is InChI=1S/C10H18O3/c1-4-9(8(3)6-11)5-7(2)10(12)13/h5,8-9,11H,4,6H2,1-3H3,(H,12,13). The molecular formula is C10H18O3. The van der Waals surface area contributed by atoms with Gasteiger partial charge in [0.05, 0.1) is 0 Å². The van der Waals surface area contributed by atoms with Gasteiger partial charge in [0.2, 0.25) is 0 Å². The lowest BCUT2D eigenvalue weighted by atomic mass is 9.90. The Hall–Kier alpha value is -0.830. The van der Waals surface area contributed by atoms with Crippen molar-refractivity contribution in [3.8, 4) is 0 Å². The molecule has 0 aliphatic carbocycles. The Kier molecular flexibility index (Phi) is 5.39. The van der Waals surface area contributed by atoms with Crippen molar-refractivity contribution < 1.29 is 15.0 Å². The Bertz CT molecular complexity index is 196. The van der Waals surface area contributed by atoms with Crippen LogP contribution in [0.4, 0.5) is 0 Å². The van der Waals surface area contributed by atoms with Crippen LogP contribution < -0.4 is 0 Å². The molecule has 0 aromatic heterocycles. The molecule has 0 heterocycles. The topological polar surface area (TPSA) is 57.5 Å². The summed E-state index contributed by atoms with van der Waals surface area (Å²) in [6.07, 6.45) is 2.58. The summed E-state index contributed by atoms with van der Waals surface area (Å²) in [6, 6.07) is 0. The lowest BCUT2D eigenvalue weighted by Gasteiger charge is -2.17. The van der Waals surface area contributed by atoms with Gasteiger partial charge in [-0.15, -0.1) is 0 Å². The normalized spacial score (nSPS) is 16.8. The zero-order valence-corrected chi connectivity index (χ0v) is 8.45. The van der Waals surface area contributed by atoms with E-state index in [4.69, 9.17) is 10.2 Å². The average Bonchev–Trinajstić information content (AvgIpc) is 2.12. The molecule has 0 saturated heterocycles. The first-order valence-corrected chi connectivity index (χ1v) is 4.55. The van der Waals surface area contributed by atoms with E-state index in [1.807, 2.05) is 13.8 Å². The summed E-state index contributed by atoms with van der Waals surface area (Å²) in [5.74, 6) is -0.607. The molecule has 0 saturated carbocycles.